The molecule has 3 nitrogen and oxygen atoms in total. The van der Waals surface area contributed by atoms with Crippen LogP contribution in [0, 0.1) is 12.7 Å². The van der Waals surface area contributed by atoms with Crippen LogP contribution in [0.2, 0.25) is 0 Å². The fourth-order valence-corrected chi connectivity index (χ4v) is 2.89. The maximum Gasteiger partial charge on any atom is 0.150 e. The third-order valence-electron chi connectivity index (χ3n) is 3.33. The van der Waals surface area contributed by atoms with E-state index in [0.717, 1.165) is 41.4 Å². The molecule has 0 spiro atoms. The highest BCUT2D eigenvalue weighted by Gasteiger charge is 2.22. The molecule has 0 bridgehead atoms. The zero-order chi connectivity index (χ0) is 12.7. The number of aryl methyl sites for hydroxylation is 1. The minimum Gasteiger partial charge on any atom is -0.356 e. The van der Waals surface area contributed by atoms with Gasteiger partial charge in [0, 0.05) is 16.5 Å². The Morgan fingerprint density at radius 2 is 2.28 bits per heavy atom. The van der Waals surface area contributed by atoms with Crippen LogP contribution in [-0.4, -0.2) is 16.4 Å². The summed E-state index contributed by atoms with van der Waals surface area (Å²) in [6.45, 7) is 2.62. The first-order chi connectivity index (χ1) is 8.66. The van der Waals surface area contributed by atoms with Gasteiger partial charge in [-0.2, -0.15) is 5.10 Å². The highest BCUT2D eigenvalue weighted by atomic mass is 79.9. The summed E-state index contributed by atoms with van der Waals surface area (Å²) in [7, 11) is 0. The summed E-state index contributed by atoms with van der Waals surface area (Å²) in [5.74, 6) is -0.255. The third kappa shape index (κ3) is 1.95. The number of hydrogen-bond donors (Lipinski definition) is 0. The summed E-state index contributed by atoms with van der Waals surface area (Å²) in [5.41, 5.74) is 1.38. The molecular formula is C13H14BrFN2O. The molecule has 2 heterocycles. The monoisotopic (exact) mass is 312 g/mol. The number of ether oxygens (including phenoxy) is 1. The number of fused-ring (bicyclic) bond motifs is 1. The average molecular weight is 313 g/mol. The summed E-state index contributed by atoms with van der Waals surface area (Å²) in [6.07, 6.45) is 2.93. The van der Waals surface area contributed by atoms with Gasteiger partial charge in [0.1, 0.15) is 11.3 Å². The lowest BCUT2D eigenvalue weighted by atomic mass is 10.1. The van der Waals surface area contributed by atoms with Crippen LogP contribution in [0.5, 0.6) is 0 Å². The van der Waals surface area contributed by atoms with Crippen molar-refractivity contribution in [1.82, 2.24) is 9.78 Å². The van der Waals surface area contributed by atoms with Crippen LogP contribution < -0.4 is 0 Å². The maximum atomic E-state index is 14.1. The molecule has 0 radical (unpaired) electrons. The lowest BCUT2D eigenvalue weighted by Crippen LogP contribution is -2.19. The average Bonchev–Trinajstić information content (AvgIpc) is 2.68. The van der Waals surface area contributed by atoms with E-state index in [2.05, 4.69) is 21.0 Å². The Morgan fingerprint density at radius 3 is 3.00 bits per heavy atom. The van der Waals surface area contributed by atoms with Crippen LogP contribution in [0.25, 0.3) is 10.9 Å². The van der Waals surface area contributed by atoms with Crippen molar-refractivity contribution in [2.75, 3.05) is 6.61 Å². The van der Waals surface area contributed by atoms with Gasteiger partial charge in [0.05, 0.1) is 5.69 Å². The predicted octanol–water partition coefficient (Wildman–Crippen LogP) is 3.95. The molecule has 1 atom stereocenters. The summed E-state index contributed by atoms with van der Waals surface area (Å²) >= 11 is 3.31. The second-order valence-corrected chi connectivity index (χ2v) is 5.55. The van der Waals surface area contributed by atoms with E-state index in [1.807, 2.05) is 13.0 Å². The van der Waals surface area contributed by atoms with Gasteiger partial charge in [0.2, 0.25) is 0 Å². The van der Waals surface area contributed by atoms with Crippen LogP contribution in [-0.2, 0) is 4.74 Å². The summed E-state index contributed by atoms with van der Waals surface area (Å²) in [5, 5.41) is 5.29. The Balaban J connectivity index is 2.17. The Labute approximate surface area is 113 Å². The van der Waals surface area contributed by atoms with Crippen LogP contribution in [0.1, 0.15) is 31.2 Å². The van der Waals surface area contributed by atoms with Crippen molar-refractivity contribution in [3.63, 3.8) is 0 Å². The largest absolute Gasteiger partial charge is 0.356 e. The summed E-state index contributed by atoms with van der Waals surface area (Å²) < 4.78 is 22.3. The molecule has 5 heteroatoms. The number of halogens is 2. The maximum absolute atomic E-state index is 14.1. The van der Waals surface area contributed by atoms with Crippen molar-refractivity contribution in [3.05, 3.63) is 28.1 Å². The van der Waals surface area contributed by atoms with Crippen molar-refractivity contribution in [2.24, 2.45) is 0 Å². The lowest BCUT2D eigenvalue weighted by molar-refractivity contribution is -0.0370. The topological polar surface area (TPSA) is 27.1 Å². The first-order valence-electron chi connectivity index (χ1n) is 6.12. The molecule has 96 valence electrons. The molecule has 1 aliphatic rings. The Kier molecular flexibility index (Phi) is 3.11. The quantitative estimate of drug-likeness (QED) is 0.797. The molecule has 1 aromatic heterocycles. The van der Waals surface area contributed by atoms with E-state index in [1.165, 1.54) is 6.07 Å². The molecule has 1 aromatic carbocycles. The van der Waals surface area contributed by atoms with E-state index in [0.29, 0.717) is 5.52 Å². The highest BCUT2D eigenvalue weighted by Crippen LogP contribution is 2.31. The molecule has 1 aliphatic heterocycles. The predicted molar refractivity (Wildman–Crippen MR) is 71.0 cm³/mol. The van der Waals surface area contributed by atoms with Crippen molar-refractivity contribution in [3.8, 4) is 0 Å². The van der Waals surface area contributed by atoms with E-state index < -0.39 is 0 Å². The van der Waals surface area contributed by atoms with Crippen LogP contribution in [0.15, 0.2) is 16.6 Å². The van der Waals surface area contributed by atoms with Gasteiger partial charge in [-0.15, -0.1) is 0 Å². The number of rotatable bonds is 1. The Morgan fingerprint density at radius 1 is 1.44 bits per heavy atom. The Bertz CT molecular complexity index is 590. The molecule has 0 saturated carbocycles. The SMILES string of the molecule is Cc1nn(C2CCCCO2)c2c(F)cc(Br)cc12. The second-order valence-electron chi connectivity index (χ2n) is 4.63. The second kappa shape index (κ2) is 4.63. The Hall–Kier alpha value is -0.940. The molecule has 2 aromatic rings. The molecule has 1 fully saturated rings. The molecule has 1 saturated heterocycles. The van der Waals surface area contributed by atoms with Gasteiger partial charge in [0.25, 0.3) is 0 Å². The molecule has 3 rings (SSSR count). The summed E-state index contributed by atoms with van der Waals surface area (Å²) in [4.78, 5) is 0. The van der Waals surface area contributed by atoms with Crippen molar-refractivity contribution >= 4 is 26.8 Å². The van der Waals surface area contributed by atoms with Gasteiger partial charge in [0.15, 0.2) is 6.23 Å². The van der Waals surface area contributed by atoms with E-state index >= 15 is 0 Å². The first kappa shape index (κ1) is 12.1. The standard InChI is InChI=1S/C13H14BrFN2O/c1-8-10-6-9(14)7-11(15)13(10)17(16-8)12-4-2-3-5-18-12/h6-7,12H,2-5H2,1H3. The number of hydrogen-bond acceptors (Lipinski definition) is 2. The number of benzene rings is 1. The van der Waals surface area contributed by atoms with Gasteiger partial charge in [-0.1, -0.05) is 15.9 Å². The smallest absolute Gasteiger partial charge is 0.150 e. The van der Waals surface area contributed by atoms with E-state index in [-0.39, 0.29) is 12.0 Å². The molecule has 0 amide bonds. The highest BCUT2D eigenvalue weighted by molar-refractivity contribution is 9.10. The molecular weight excluding hydrogens is 299 g/mol. The number of nitrogens with zero attached hydrogens (tertiary/aromatic N) is 2. The van der Waals surface area contributed by atoms with Gasteiger partial charge in [-0.25, -0.2) is 9.07 Å². The number of aromatic nitrogens is 2. The van der Waals surface area contributed by atoms with Crippen molar-refractivity contribution in [2.45, 2.75) is 32.4 Å². The van der Waals surface area contributed by atoms with Gasteiger partial charge < -0.3 is 4.74 Å². The van der Waals surface area contributed by atoms with Gasteiger partial charge in [-0.05, 0) is 38.3 Å². The van der Waals surface area contributed by atoms with Crippen LogP contribution in [0.3, 0.4) is 0 Å². The zero-order valence-corrected chi connectivity index (χ0v) is 11.7. The lowest BCUT2D eigenvalue weighted by Gasteiger charge is -2.23. The molecule has 0 aliphatic carbocycles. The summed E-state index contributed by atoms with van der Waals surface area (Å²) in [6, 6.07) is 3.38. The minimum absolute atomic E-state index is 0.134. The fraction of sp³-hybridized carbons (Fsp3) is 0.462. The normalized spacial score (nSPS) is 20.5. The van der Waals surface area contributed by atoms with E-state index in [9.17, 15) is 4.39 Å². The fourth-order valence-electron chi connectivity index (χ4n) is 2.47. The van der Waals surface area contributed by atoms with Crippen molar-refractivity contribution in [1.29, 1.82) is 0 Å². The van der Waals surface area contributed by atoms with Crippen LogP contribution >= 0.6 is 15.9 Å². The third-order valence-corrected chi connectivity index (χ3v) is 3.79. The zero-order valence-electron chi connectivity index (χ0n) is 10.1. The van der Waals surface area contributed by atoms with Gasteiger partial charge in [-0.3, -0.25) is 0 Å². The van der Waals surface area contributed by atoms with E-state index in [4.69, 9.17) is 4.74 Å². The van der Waals surface area contributed by atoms with Crippen LogP contribution in [0.4, 0.5) is 4.39 Å². The first-order valence-corrected chi connectivity index (χ1v) is 6.91. The molecule has 18 heavy (non-hydrogen) atoms. The van der Waals surface area contributed by atoms with Crippen molar-refractivity contribution < 1.29 is 9.13 Å². The molecule has 1 unspecified atom stereocenters. The minimum atomic E-state index is -0.255. The van der Waals surface area contributed by atoms with E-state index in [1.54, 1.807) is 4.68 Å². The molecule has 0 N–H and O–H groups in total. The van der Waals surface area contributed by atoms with Gasteiger partial charge >= 0.3 is 0 Å².